The van der Waals surface area contributed by atoms with E-state index in [2.05, 4.69) is 5.32 Å². The van der Waals surface area contributed by atoms with Crippen LogP contribution in [0.3, 0.4) is 0 Å². The van der Waals surface area contributed by atoms with Gasteiger partial charge in [0.2, 0.25) is 5.91 Å². The van der Waals surface area contributed by atoms with Crippen molar-refractivity contribution in [2.75, 3.05) is 33.4 Å². The van der Waals surface area contributed by atoms with Crippen molar-refractivity contribution < 1.29 is 19.1 Å². The maximum atomic E-state index is 12.7. The second-order valence-corrected chi connectivity index (χ2v) is 5.83. The summed E-state index contributed by atoms with van der Waals surface area (Å²) >= 11 is 0. The third kappa shape index (κ3) is 2.78. The van der Waals surface area contributed by atoms with E-state index in [1.165, 1.54) is 0 Å². The number of nitrogens with zero attached hydrogens (tertiary/aromatic N) is 1. The van der Waals surface area contributed by atoms with Gasteiger partial charge in [-0.05, 0) is 30.7 Å². The number of methoxy groups -OCH3 is 1. The van der Waals surface area contributed by atoms with Crippen LogP contribution in [0.1, 0.15) is 15.9 Å². The molecule has 0 saturated carbocycles. The zero-order chi connectivity index (χ0) is 15.7. The second-order valence-electron chi connectivity index (χ2n) is 5.83. The Morgan fingerprint density at radius 3 is 2.91 bits per heavy atom. The lowest BCUT2D eigenvalue weighted by atomic mass is 10.1. The molecule has 2 atom stereocenters. The van der Waals surface area contributed by atoms with Gasteiger partial charge in [-0.3, -0.25) is 9.59 Å². The Bertz CT molecular complexity index is 602. The van der Waals surface area contributed by atoms with Crippen LogP contribution in [-0.4, -0.2) is 56.2 Å². The summed E-state index contributed by atoms with van der Waals surface area (Å²) in [6.45, 7) is 3.60. The highest BCUT2D eigenvalue weighted by Gasteiger charge is 2.35. The second kappa shape index (κ2) is 5.96. The van der Waals surface area contributed by atoms with Crippen molar-refractivity contribution in [1.82, 2.24) is 10.2 Å². The van der Waals surface area contributed by atoms with Crippen LogP contribution in [0.5, 0.6) is 5.75 Å². The van der Waals surface area contributed by atoms with Gasteiger partial charge in [0.25, 0.3) is 5.91 Å². The molecule has 2 aliphatic rings. The molecule has 1 aromatic rings. The fourth-order valence-electron chi connectivity index (χ4n) is 2.99. The van der Waals surface area contributed by atoms with Gasteiger partial charge < -0.3 is 19.7 Å². The number of hydrogen-bond acceptors (Lipinski definition) is 4. The smallest absolute Gasteiger partial charge is 0.253 e. The summed E-state index contributed by atoms with van der Waals surface area (Å²) in [6.07, 6.45) is 0. The van der Waals surface area contributed by atoms with Gasteiger partial charge in [0.15, 0.2) is 0 Å². The minimum Gasteiger partial charge on any atom is -0.496 e. The van der Waals surface area contributed by atoms with Crippen molar-refractivity contribution in [1.29, 1.82) is 0 Å². The van der Waals surface area contributed by atoms with E-state index in [0.29, 0.717) is 31.9 Å². The average Bonchev–Trinajstić information content (AvgIpc) is 2.74. The molecule has 2 amide bonds. The summed E-state index contributed by atoms with van der Waals surface area (Å²) < 4.78 is 10.7. The van der Waals surface area contributed by atoms with E-state index >= 15 is 0 Å². The van der Waals surface area contributed by atoms with E-state index in [0.717, 1.165) is 11.3 Å². The van der Waals surface area contributed by atoms with Gasteiger partial charge in [-0.2, -0.15) is 0 Å². The highest BCUT2D eigenvalue weighted by molar-refractivity contribution is 5.95. The fourth-order valence-corrected chi connectivity index (χ4v) is 2.99. The van der Waals surface area contributed by atoms with E-state index in [-0.39, 0.29) is 23.8 Å². The Morgan fingerprint density at radius 1 is 1.36 bits per heavy atom. The predicted molar refractivity (Wildman–Crippen MR) is 79.9 cm³/mol. The number of rotatable bonds is 2. The van der Waals surface area contributed by atoms with Crippen molar-refractivity contribution in [2.45, 2.75) is 13.0 Å². The van der Waals surface area contributed by atoms with Crippen LogP contribution in [0.4, 0.5) is 0 Å². The molecule has 3 rings (SSSR count). The molecule has 0 spiro atoms. The first kappa shape index (κ1) is 14.8. The number of nitrogens with one attached hydrogen (secondary N) is 1. The number of carbonyl (C=O) groups excluding carboxylic acids is 2. The molecule has 0 aliphatic carbocycles. The van der Waals surface area contributed by atoms with E-state index < -0.39 is 0 Å². The molecule has 0 radical (unpaired) electrons. The molecule has 1 aromatic carbocycles. The van der Waals surface area contributed by atoms with Crippen LogP contribution in [0.2, 0.25) is 0 Å². The SMILES string of the molecule is COc1ccc(C(=O)N2C[C@H]3COC[C@@H](C2)C(=O)N3)cc1C. The highest BCUT2D eigenvalue weighted by Crippen LogP contribution is 2.21. The predicted octanol–water partition coefficient (Wildman–Crippen LogP) is 0.591. The minimum absolute atomic E-state index is 0.0243. The molecule has 2 aliphatic heterocycles. The third-order valence-corrected chi connectivity index (χ3v) is 4.17. The van der Waals surface area contributed by atoms with Crippen molar-refractivity contribution in [3.63, 3.8) is 0 Å². The Labute approximate surface area is 129 Å². The first-order chi connectivity index (χ1) is 10.6. The van der Waals surface area contributed by atoms with Gasteiger partial charge in [0, 0.05) is 18.7 Å². The van der Waals surface area contributed by atoms with Crippen molar-refractivity contribution in [3.8, 4) is 5.75 Å². The standard InChI is InChI=1S/C16H20N2O4/c1-10-5-11(3-4-14(10)21-2)16(20)18-6-12-8-22-9-13(7-18)17-15(12)19/h3-5,12-13H,6-9H2,1-2H3,(H,17,19)/t12-,13+/m1/s1. The topological polar surface area (TPSA) is 67.9 Å². The van der Waals surface area contributed by atoms with Gasteiger partial charge in [-0.25, -0.2) is 0 Å². The number of ether oxygens (including phenoxy) is 2. The largest absolute Gasteiger partial charge is 0.496 e. The molecule has 6 nitrogen and oxygen atoms in total. The van der Waals surface area contributed by atoms with Crippen LogP contribution in [-0.2, 0) is 9.53 Å². The molecule has 118 valence electrons. The van der Waals surface area contributed by atoms with Crippen LogP contribution in [0.25, 0.3) is 0 Å². The van der Waals surface area contributed by atoms with Gasteiger partial charge in [0.1, 0.15) is 5.75 Å². The number of fused-ring (bicyclic) bond motifs is 3. The van der Waals surface area contributed by atoms with Gasteiger partial charge in [-0.15, -0.1) is 0 Å². The molecule has 0 unspecified atom stereocenters. The Kier molecular flexibility index (Phi) is 4.02. The Morgan fingerprint density at radius 2 is 2.18 bits per heavy atom. The van der Waals surface area contributed by atoms with Gasteiger partial charge >= 0.3 is 0 Å². The van der Waals surface area contributed by atoms with Crippen LogP contribution in [0.15, 0.2) is 18.2 Å². The zero-order valence-electron chi connectivity index (χ0n) is 12.8. The quantitative estimate of drug-likeness (QED) is 0.868. The van der Waals surface area contributed by atoms with Crippen molar-refractivity contribution in [2.24, 2.45) is 5.92 Å². The highest BCUT2D eigenvalue weighted by atomic mass is 16.5. The molecule has 2 heterocycles. The summed E-state index contributed by atoms with van der Waals surface area (Å²) in [5.41, 5.74) is 1.53. The van der Waals surface area contributed by atoms with Gasteiger partial charge in [0.05, 0.1) is 32.3 Å². The van der Waals surface area contributed by atoms with Crippen LogP contribution < -0.4 is 10.1 Å². The lowest BCUT2D eigenvalue weighted by molar-refractivity contribution is -0.125. The normalized spacial score (nSPS) is 24.5. The molecular formula is C16H20N2O4. The lowest BCUT2D eigenvalue weighted by Crippen LogP contribution is -2.44. The molecule has 6 heteroatoms. The van der Waals surface area contributed by atoms with Crippen LogP contribution >= 0.6 is 0 Å². The number of carbonyl (C=O) groups is 2. The monoisotopic (exact) mass is 304 g/mol. The first-order valence-corrected chi connectivity index (χ1v) is 7.40. The summed E-state index contributed by atoms with van der Waals surface area (Å²) in [7, 11) is 1.61. The fraction of sp³-hybridized carbons (Fsp3) is 0.500. The first-order valence-electron chi connectivity index (χ1n) is 7.40. The lowest BCUT2D eigenvalue weighted by Gasteiger charge is -2.27. The maximum absolute atomic E-state index is 12.7. The molecule has 2 fully saturated rings. The number of aryl methyl sites for hydroxylation is 1. The third-order valence-electron chi connectivity index (χ3n) is 4.17. The number of benzene rings is 1. The minimum atomic E-state index is -0.296. The molecule has 2 saturated heterocycles. The van der Waals surface area contributed by atoms with Crippen LogP contribution in [0, 0.1) is 12.8 Å². The molecular weight excluding hydrogens is 284 g/mol. The van der Waals surface area contributed by atoms with E-state index in [9.17, 15) is 9.59 Å². The number of hydrogen-bond donors (Lipinski definition) is 1. The Hall–Kier alpha value is -2.08. The maximum Gasteiger partial charge on any atom is 0.253 e. The number of amides is 2. The van der Waals surface area contributed by atoms with Gasteiger partial charge in [-0.1, -0.05) is 0 Å². The average molecular weight is 304 g/mol. The summed E-state index contributed by atoms with van der Waals surface area (Å²) in [5.74, 6) is 0.383. The zero-order valence-corrected chi connectivity index (χ0v) is 12.8. The molecule has 1 N–H and O–H groups in total. The Balaban J connectivity index is 1.82. The summed E-state index contributed by atoms with van der Waals surface area (Å²) in [6, 6.07) is 5.25. The molecule has 2 bridgehead atoms. The summed E-state index contributed by atoms with van der Waals surface area (Å²) in [5, 5.41) is 2.93. The van der Waals surface area contributed by atoms with Crippen molar-refractivity contribution in [3.05, 3.63) is 29.3 Å². The molecule has 0 aromatic heterocycles. The van der Waals surface area contributed by atoms with E-state index in [1.807, 2.05) is 13.0 Å². The molecule has 22 heavy (non-hydrogen) atoms. The van der Waals surface area contributed by atoms with E-state index in [4.69, 9.17) is 9.47 Å². The van der Waals surface area contributed by atoms with Crippen molar-refractivity contribution >= 4 is 11.8 Å². The van der Waals surface area contributed by atoms with E-state index in [1.54, 1.807) is 24.1 Å². The summed E-state index contributed by atoms with van der Waals surface area (Å²) in [4.78, 5) is 26.5.